The van der Waals surface area contributed by atoms with Gasteiger partial charge in [-0.15, -0.1) is 12.4 Å². The summed E-state index contributed by atoms with van der Waals surface area (Å²) in [5.41, 5.74) is 2.02. The summed E-state index contributed by atoms with van der Waals surface area (Å²) >= 11 is 0. The third kappa shape index (κ3) is 3.42. The van der Waals surface area contributed by atoms with Crippen molar-refractivity contribution in [1.82, 2.24) is 14.9 Å². The zero-order valence-electron chi connectivity index (χ0n) is 12.8. The maximum Gasteiger partial charge on any atom is 0.229 e. The maximum atomic E-state index is 12.4. The van der Waals surface area contributed by atoms with Crippen LogP contribution in [0, 0.1) is 5.92 Å². The van der Waals surface area contributed by atoms with Crippen LogP contribution >= 0.6 is 12.4 Å². The normalized spacial score (nSPS) is 15.5. The van der Waals surface area contributed by atoms with Gasteiger partial charge < -0.3 is 9.88 Å². The number of benzene rings is 1. The Balaban J connectivity index is 0.00000176. The molecule has 3 rings (SSSR count). The number of anilines is 1. The van der Waals surface area contributed by atoms with Crippen LogP contribution in [0.3, 0.4) is 0 Å². The Morgan fingerprint density at radius 2 is 2.09 bits per heavy atom. The molecule has 5 nitrogen and oxygen atoms in total. The highest BCUT2D eigenvalue weighted by atomic mass is 35.5. The lowest BCUT2D eigenvalue weighted by Gasteiger charge is -2.21. The Hall–Kier alpha value is -1.59. The molecule has 1 saturated heterocycles. The number of hydrogen-bond donors (Lipinski definition) is 2. The number of imidazole rings is 1. The van der Waals surface area contributed by atoms with E-state index in [9.17, 15) is 4.79 Å². The van der Waals surface area contributed by atoms with E-state index < -0.39 is 0 Å². The first-order chi connectivity index (χ1) is 10.3. The van der Waals surface area contributed by atoms with Crippen molar-refractivity contribution in [1.29, 1.82) is 0 Å². The molecule has 0 spiro atoms. The molecule has 1 aromatic heterocycles. The van der Waals surface area contributed by atoms with E-state index in [2.05, 4.69) is 33.2 Å². The molecule has 0 unspecified atom stereocenters. The highest BCUT2D eigenvalue weighted by molar-refractivity contribution is 5.93. The monoisotopic (exact) mass is 322 g/mol. The molecule has 6 heteroatoms. The fourth-order valence-electron chi connectivity index (χ4n) is 2.92. The van der Waals surface area contributed by atoms with Gasteiger partial charge in [0.25, 0.3) is 0 Å². The van der Waals surface area contributed by atoms with Gasteiger partial charge >= 0.3 is 0 Å². The number of hydrogen-bond acceptors (Lipinski definition) is 3. The molecule has 0 atom stereocenters. The van der Waals surface area contributed by atoms with Crippen LogP contribution in [0.4, 0.5) is 5.95 Å². The Labute approximate surface area is 136 Å². The highest BCUT2D eigenvalue weighted by Gasteiger charge is 2.22. The van der Waals surface area contributed by atoms with Gasteiger partial charge in [0.2, 0.25) is 11.9 Å². The molecule has 1 aromatic carbocycles. The molecule has 0 saturated carbocycles. The van der Waals surface area contributed by atoms with E-state index in [4.69, 9.17) is 0 Å². The third-order valence-corrected chi connectivity index (χ3v) is 4.05. The summed E-state index contributed by atoms with van der Waals surface area (Å²) in [4.78, 5) is 17.0. The van der Waals surface area contributed by atoms with Gasteiger partial charge in [0.05, 0.1) is 11.0 Å². The van der Waals surface area contributed by atoms with E-state index in [-0.39, 0.29) is 24.2 Å². The smallest absolute Gasteiger partial charge is 0.229 e. The minimum absolute atomic E-state index is 0. The van der Waals surface area contributed by atoms with E-state index in [1.54, 1.807) is 0 Å². The van der Waals surface area contributed by atoms with E-state index in [0.29, 0.717) is 5.95 Å². The van der Waals surface area contributed by atoms with Gasteiger partial charge in [-0.1, -0.05) is 19.1 Å². The van der Waals surface area contributed by atoms with E-state index in [1.807, 2.05) is 18.2 Å². The van der Waals surface area contributed by atoms with Crippen LogP contribution in [-0.2, 0) is 11.3 Å². The summed E-state index contributed by atoms with van der Waals surface area (Å²) in [5.74, 6) is 0.881. The SMILES string of the molecule is CCCn1c(NC(=O)C2CCNCC2)nc2ccccc21.Cl. The number of para-hydroxylation sites is 2. The van der Waals surface area contributed by atoms with E-state index in [1.165, 1.54) is 0 Å². The van der Waals surface area contributed by atoms with Crippen LogP contribution in [-0.4, -0.2) is 28.5 Å². The van der Waals surface area contributed by atoms with Gasteiger partial charge in [0, 0.05) is 12.5 Å². The molecule has 0 aliphatic carbocycles. The van der Waals surface area contributed by atoms with Crippen LogP contribution in [0.2, 0.25) is 0 Å². The number of nitrogens with zero attached hydrogens (tertiary/aromatic N) is 2. The van der Waals surface area contributed by atoms with Gasteiger partial charge in [0.1, 0.15) is 0 Å². The largest absolute Gasteiger partial charge is 0.317 e. The Kier molecular flexibility index (Phi) is 5.80. The van der Waals surface area contributed by atoms with E-state index in [0.717, 1.165) is 49.9 Å². The van der Waals surface area contributed by atoms with Gasteiger partial charge in [-0.2, -0.15) is 0 Å². The lowest BCUT2D eigenvalue weighted by Crippen LogP contribution is -2.35. The lowest BCUT2D eigenvalue weighted by atomic mass is 9.97. The van der Waals surface area contributed by atoms with Crippen LogP contribution < -0.4 is 10.6 Å². The third-order valence-electron chi connectivity index (χ3n) is 4.05. The van der Waals surface area contributed by atoms with Gasteiger partial charge in [-0.3, -0.25) is 10.1 Å². The number of carbonyl (C=O) groups is 1. The summed E-state index contributed by atoms with van der Waals surface area (Å²) in [6, 6.07) is 8.03. The minimum Gasteiger partial charge on any atom is -0.317 e. The number of piperidine rings is 1. The number of amides is 1. The fourth-order valence-corrected chi connectivity index (χ4v) is 2.92. The molecule has 22 heavy (non-hydrogen) atoms. The summed E-state index contributed by atoms with van der Waals surface area (Å²) in [7, 11) is 0. The van der Waals surface area contributed by atoms with E-state index >= 15 is 0 Å². The molecule has 1 aliphatic rings. The molecular weight excluding hydrogens is 300 g/mol. The van der Waals surface area contributed by atoms with Crippen LogP contribution in [0.25, 0.3) is 11.0 Å². The molecule has 1 aliphatic heterocycles. The Bertz CT molecular complexity index is 634. The van der Waals surface area contributed by atoms with Crippen molar-refractivity contribution in [2.45, 2.75) is 32.7 Å². The first kappa shape index (κ1) is 16.8. The first-order valence-electron chi connectivity index (χ1n) is 7.76. The second-order valence-electron chi connectivity index (χ2n) is 5.59. The van der Waals surface area contributed by atoms with Crippen LogP contribution in [0.1, 0.15) is 26.2 Å². The summed E-state index contributed by atoms with van der Waals surface area (Å²) in [6.45, 7) is 4.84. The zero-order valence-corrected chi connectivity index (χ0v) is 13.7. The Morgan fingerprint density at radius 3 is 2.82 bits per heavy atom. The summed E-state index contributed by atoms with van der Waals surface area (Å²) in [6.07, 6.45) is 2.82. The molecular formula is C16H23ClN4O. The lowest BCUT2D eigenvalue weighted by molar-refractivity contribution is -0.120. The zero-order chi connectivity index (χ0) is 14.7. The van der Waals surface area contributed by atoms with Crippen molar-refractivity contribution in [3.8, 4) is 0 Å². The van der Waals surface area contributed by atoms with Crippen molar-refractivity contribution in [3.05, 3.63) is 24.3 Å². The maximum absolute atomic E-state index is 12.4. The van der Waals surface area contributed by atoms with Crippen molar-refractivity contribution in [3.63, 3.8) is 0 Å². The molecule has 1 amide bonds. The van der Waals surface area contributed by atoms with Gasteiger partial charge in [-0.05, 0) is 44.5 Å². The molecule has 0 bridgehead atoms. The van der Waals surface area contributed by atoms with Crippen molar-refractivity contribution < 1.29 is 4.79 Å². The molecule has 2 heterocycles. The topological polar surface area (TPSA) is 59.0 Å². The number of carbonyl (C=O) groups excluding carboxylic acids is 1. The van der Waals surface area contributed by atoms with Crippen molar-refractivity contribution in [2.75, 3.05) is 18.4 Å². The predicted molar refractivity (Wildman–Crippen MR) is 91.5 cm³/mol. The highest BCUT2D eigenvalue weighted by Crippen LogP contribution is 2.21. The summed E-state index contributed by atoms with van der Waals surface area (Å²) in [5, 5.41) is 6.33. The molecule has 2 aromatic rings. The average Bonchev–Trinajstić information content (AvgIpc) is 2.86. The number of halogens is 1. The second-order valence-corrected chi connectivity index (χ2v) is 5.59. The minimum atomic E-state index is 0. The van der Waals surface area contributed by atoms with Crippen LogP contribution in [0.15, 0.2) is 24.3 Å². The summed E-state index contributed by atoms with van der Waals surface area (Å²) < 4.78 is 2.11. The van der Waals surface area contributed by atoms with Gasteiger partial charge in [-0.25, -0.2) is 4.98 Å². The van der Waals surface area contributed by atoms with Crippen LogP contribution in [0.5, 0.6) is 0 Å². The molecule has 0 radical (unpaired) electrons. The number of nitrogens with one attached hydrogen (secondary N) is 2. The number of fused-ring (bicyclic) bond motifs is 1. The van der Waals surface area contributed by atoms with Gasteiger partial charge in [0.15, 0.2) is 0 Å². The first-order valence-corrected chi connectivity index (χ1v) is 7.76. The molecule has 2 N–H and O–H groups in total. The number of aromatic nitrogens is 2. The number of rotatable bonds is 4. The predicted octanol–water partition coefficient (Wildman–Crippen LogP) is 2.81. The molecule has 1 fully saturated rings. The standard InChI is InChI=1S/C16H22N4O.ClH/c1-2-11-20-14-6-4-3-5-13(14)18-16(20)19-15(21)12-7-9-17-10-8-12;/h3-6,12,17H,2,7-11H2,1H3,(H,18,19,21);1H. The molecule has 120 valence electrons. The van der Waals surface area contributed by atoms with Crippen molar-refractivity contribution in [2.24, 2.45) is 5.92 Å². The number of aryl methyl sites for hydroxylation is 1. The second kappa shape index (κ2) is 7.61. The Morgan fingerprint density at radius 1 is 1.36 bits per heavy atom. The average molecular weight is 323 g/mol. The quantitative estimate of drug-likeness (QED) is 0.910. The fraction of sp³-hybridized carbons (Fsp3) is 0.500. The van der Waals surface area contributed by atoms with Crippen molar-refractivity contribution >= 4 is 35.3 Å².